The molecule has 0 bridgehead atoms. The first-order valence-corrected chi connectivity index (χ1v) is 5.61. The topological polar surface area (TPSA) is 0 Å². The Balaban J connectivity index is 2.08. The molecule has 1 aliphatic carbocycles. The Kier molecular flexibility index (Phi) is 5.14. The van der Waals surface area contributed by atoms with Crippen molar-refractivity contribution in [3.63, 3.8) is 0 Å². The van der Waals surface area contributed by atoms with Crippen LogP contribution in [0.2, 0.25) is 0 Å². The lowest BCUT2D eigenvalue weighted by Gasteiger charge is -2.13. The van der Waals surface area contributed by atoms with E-state index in [1.807, 2.05) is 0 Å². The molecule has 0 heterocycles. The maximum absolute atomic E-state index is 2.51. The van der Waals surface area contributed by atoms with E-state index in [9.17, 15) is 0 Å². The van der Waals surface area contributed by atoms with Gasteiger partial charge in [-0.2, -0.15) is 0 Å². The van der Waals surface area contributed by atoms with Crippen molar-refractivity contribution < 1.29 is 0 Å². The number of rotatable bonds is 4. The van der Waals surface area contributed by atoms with E-state index in [0.29, 0.717) is 0 Å². The van der Waals surface area contributed by atoms with Crippen molar-refractivity contribution in [3.05, 3.63) is 11.6 Å². The molecule has 0 heteroatoms. The molecular formula is C12H22. The number of hydrogen-bond donors (Lipinski definition) is 0. The van der Waals surface area contributed by atoms with Crippen molar-refractivity contribution in [2.75, 3.05) is 0 Å². The predicted octanol–water partition coefficient (Wildman–Crippen LogP) is 4.46. The maximum Gasteiger partial charge on any atom is -0.0320 e. The summed E-state index contributed by atoms with van der Waals surface area (Å²) in [6, 6.07) is 0. The van der Waals surface area contributed by atoms with Gasteiger partial charge in [-0.25, -0.2) is 0 Å². The third-order valence-corrected chi connectivity index (χ3v) is 2.74. The molecule has 0 saturated heterocycles. The standard InChI is InChI=1S/C12H22/c1-2-3-4-6-9-12-10-7-5-8-11-12/h9H,2-8,10-11H2,1H3. The van der Waals surface area contributed by atoms with Crippen LogP contribution in [-0.2, 0) is 0 Å². The quantitative estimate of drug-likeness (QED) is 0.427. The average Bonchev–Trinajstić information content (AvgIpc) is 2.14. The summed E-state index contributed by atoms with van der Waals surface area (Å²) < 4.78 is 0. The SMILES string of the molecule is CCCCCC=C1CCCCC1. The third kappa shape index (κ3) is 3.94. The molecule has 1 rings (SSSR count). The van der Waals surface area contributed by atoms with Gasteiger partial charge in [-0.1, -0.05) is 37.8 Å². The van der Waals surface area contributed by atoms with Gasteiger partial charge in [0.15, 0.2) is 0 Å². The van der Waals surface area contributed by atoms with Gasteiger partial charge in [-0.15, -0.1) is 0 Å². The summed E-state index contributed by atoms with van der Waals surface area (Å²) in [5.41, 5.74) is 1.75. The van der Waals surface area contributed by atoms with E-state index in [0.717, 1.165) is 0 Å². The third-order valence-electron chi connectivity index (χ3n) is 2.74. The van der Waals surface area contributed by atoms with E-state index in [1.165, 1.54) is 57.8 Å². The van der Waals surface area contributed by atoms with Crippen LogP contribution in [-0.4, -0.2) is 0 Å². The molecule has 0 amide bonds. The van der Waals surface area contributed by atoms with Crippen molar-refractivity contribution in [1.82, 2.24) is 0 Å². The minimum absolute atomic E-state index is 1.34. The Morgan fingerprint density at radius 2 is 1.83 bits per heavy atom. The minimum atomic E-state index is 1.34. The van der Waals surface area contributed by atoms with Crippen LogP contribution in [0, 0.1) is 0 Å². The normalized spacial score (nSPS) is 17.9. The highest BCUT2D eigenvalue weighted by atomic mass is 14.1. The van der Waals surface area contributed by atoms with E-state index in [1.54, 1.807) is 5.57 Å². The second-order valence-electron chi connectivity index (χ2n) is 3.92. The van der Waals surface area contributed by atoms with Crippen LogP contribution in [0.5, 0.6) is 0 Å². The Morgan fingerprint density at radius 1 is 1.08 bits per heavy atom. The van der Waals surface area contributed by atoms with Gasteiger partial charge in [0, 0.05) is 0 Å². The van der Waals surface area contributed by atoms with Gasteiger partial charge in [0.1, 0.15) is 0 Å². The van der Waals surface area contributed by atoms with Crippen LogP contribution in [0.1, 0.15) is 64.7 Å². The molecule has 0 N–H and O–H groups in total. The van der Waals surface area contributed by atoms with Gasteiger partial charge < -0.3 is 0 Å². The van der Waals surface area contributed by atoms with Crippen molar-refractivity contribution in [2.24, 2.45) is 0 Å². The Bertz CT molecular complexity index is 125. The van der Waals surface area contributed by atoms with Gasteiger partial charge in [-0.05, 0) is 38.5 Å². The molecule has 0 aromatic rings. The lowest BCUT2D eigenvalue weighted by Crippen LogP contribution is -1.93. The summed E-state index contributed by atoms with van der Waals surface area (Å²) in [6.07, 6.45) is 15.1. The first-order valence-electron chi connectivity index (χ1n) is 5.61. The molecule has 0 atom stereocenters. The summed E-state index contributed by atoms with van der Waals surface area (Å²) in [7, 11) is 0. The molecule has 0 spiro atoms. The summed E-state index contributed by atoms with van der Waals surface area (Å²) in [6.45, 7) is 2.27. The molecule has 70 valence electrons. The molecule has 0 unspecified atom stereocenters. The number of allylic oxidation sites excluding steroid dienone is 2. The largest absolute Gasteiger partial charge is 0.0853 e. The van der Waals surface area contributed by atoms with E-state index < -0.39 is 0 Å². The number of unbranched alkanes of at least 4 members (excludes halogenated alkanes) is 3. The molecule has 0 aromatic carbocycles. The molecule has 1 aliphatic rings. The lowest BCUT2D eigenvalue weighted by molar-refractivity contribution is 0.593. The van der Waals surface area contributed by atoms with Gasteiger partial charge in [0.05, 0.1) is 0 Å². The Morgan fingerprint density at radius 3 is 2.50 bits per heavy atom. The second kappa shape index (κ2) is 6.28. The molecule has 12 heavy (non-hydrogen) atoms. The molecule has 0 aliphatic heterocycles. The highest BCUT2D eigenvalue weighted by Crippen LogP contribution is 2.23. The van der Waals surface area contributed by atoms with E-state index in [2.05, 4.69) is 13.0 Å². The van der Waals surface area contributed by atoms with Crippen LogP contribution in [0.4, 0.5) is 0 Å². The zero-order valence-electron chi connectivity index (χ0n) is 8.44. The minimum Gasteiger partial charge on any atom is -0.0853 e. The van der Waals surface area contributed by atoms with E-state index in [4.69, 9.17) is 0 Å². The fourth-order valence-electron chi connectivity index (χ4n) is 1.91. The molecule has 1 saturated carbocycles. The zero-order chi connectivity index (χ0) is 8.65. The Hall–Kier alpha value is -0.260. The van der Waals surface area contributed by atoms with Gasteiger partial charge in [0.25, 0.3) is 0 Å². The van der Waals surface area contributed by atoms with Crippen LogP contribution in [0.25, 0.3) is 0 Å². The Labute approximate surface area is 77.1 Å². The molecule has 0 nitrogen and oxygen atoms in total. The summed E-state index contributed by atoms with van der Waals surface area (Å²) >= 11 is 0. The molecule has 1 fully saturated rings. The first-order chi connectivity index (χ1) is 5.93. The highest BCUT2D eigenvalue weighted by molar-refractivity contribution is 5.03. The summed E-state index contributed by atoms with van der Waals surface area (Å²) in [5, 5.41) is 0. The monoisotopic (exact) mass is 166 g/mol. The average molecular weight is 166 g/mol. The van der Waals surface area contributed by atoms with Gasteiger partial charge in [0.2, 0.25) is 0 Å². The van der Waals surface area contributed by atoms with Crippen LogP contribution in [0.3, 0.4) is 0 Å². The number of hydrogen-bond acceptors (Lipinski definition) is 0. The fraction of sp³-hybridized carbons (Fsp3) is 0.833. The summed E-state index contributed by atoms with van der Waals surface area (Å²) in [5.74, 6) is 0. The van der Waals surface area contributed by atoms with E-state index in [-0.39, 0.29) is 0 Å². The second-order valence-corrected chi connectivity index (χ2v) is 3.92. The lowest BCUT2D eigenvalue weighted by atomic mass is 9.94. The van der Waals surface area contributed by atoms with Crippen molar-refractivity contribution in [3.8, 4) is 0 Å². The van der Waals surface area contributed by atoms with Crippen LogP contribution in [0.15, 0.2) is 11.6 Å². The highest BCUT2D eigenvalue weighted by Gasteiger charge is 2.03. The first kappa shape index (κ1) is 9.83. The molecule has 0 aromatic heterocycles. The van der Waals surface area contributed by atoms with E-state index >= 15 is 0 Å². The summed E-state index contributed by atoms with van der Waals surface area (Å²) in [4.78, 5) is 0. The van der Waals surface area contributed by atoms with Crippen LogP contribution < -0.4 is 0 Å². The van der Waals surface area contributed by atoms with Gasteiger partial charge >= 0.3 is 0 Å². The maximum atomic E-state index is 2.51. The smallest absolute Gasteiger partial charge is 0.0320 e. The van der Waals surface area contributed by atoms with Gasteiger partial charge in [-0.3, -0.25) is 0 Å². The molecule has 0 radical (unpaired) electrons. The fourth-order valence-corrected chi connectivity index (χ4v) is 1.91. The predicted molar refractivity (Wildman–Crippen MR) is 55.3 cm³/mol. The van der Waals surface area contributed by atoms with Crippen molar-refractivity contribution >= 4 is 0 Å². The van der Waals surface area contributed by atoms with Crippen molar-refractivity contribution in [2.45, 2.75) is 64.7 Å². The van der Waals surface area contributed by atoms with Crippen LogP contribution >= 0.6 is 0 Å². The zero-order valence-corrected chi connectivity index (χ0v) is 8.44. The van der Waals surface area contributed by atoms with Crippen molar-refractivity contribution in [1.29, 1.82) is 0 Å². The molecular weight excluding hydrogens is 144 g/mol.